The van der Waals surface area contributed by atoms with E-state index >= 15 is 0 Å². The maximum atomic E-state index is 6.38. The third-order valence-electron chi connectivity index (χ3n) is 4.86. The quantitative estimate of drug-likeness (QED) is 0.840. The van der Waals surface area contributed by atoms with E-state index in [1.807, 2.05) is 6.20 Å². The summed E-state index contributed by atoms with van der Waals surface area (Å²) in [6.07, 6.45) is 8.70. The van der Waals surface area contributed by atoms with Crippen LogP contribution in [0.1, 0.15) is 58.1 Å². The molecule has 0 spiro atoms. The molecule has 0 bridgehead atoms. The van der Waals surface area contributed by atoms with E-state index in [2.05, 4.69) is 37.1 Å². The van der Waals surface area contributed by atoms with Gasteiger partial charge in [-0.3, -0.25) is 4.98 Å². The van der Waals surface area contributed by atoms with Crippen molar-refractivity contribution in [2.45, 2.75) is 52.5 Å². The summed E-state index contributed by atoms with van der Waals surface area (Å²) in [6, 6.07) is 2.46. The smallest absolute Gasteiger partial charge is 0.0637 e. The lowest BCUT2D eigenvalue weighted by molar-refractivity contribution is 0.171. The third-order valence-corrected chi connectivity index (χ3v) is 5.18. The molecular formula is C17H27ClN2. The van der Waals surface area contributed by atoms with Crippen LogP contribution in [-0.2, 0) is 0 Å². The average molecular weight is 295 g/mol. The number of hydrogen-bond donors (Lipinski definition) is 1. The van der Waals surface area contributed by atoms with E-state index in [1.165, 1.54) is 24.8 Å². The molecule has 1 aliphatic rings. The fourth-order valence-corrected chi connectivity index (χ4v) is 3.60. The molecule has 1 aromatic heterocycles. The van der Waals surface area contributed by atoms with Crippen LogP contribution >= 0.6 is 11.6 Å². The van der Waals surface area contributed by atoms with Crippen LogP contribution in [0.3, 0.4) is 0 Å². The minimum Gasteiger partial charge on any atom is -0.310 e. The second kappa shape index (κ2) is 7.42. The SMILES string of the molecule is CCCNC(c1ccncc1Cl)C1CCC(C)C(C)C1. The maximum absolute atomic E-state index is 6.38. The first-order valence-corrected chi connectivity index (χ1v) is 8.34. The zero-order chi connectivity index (χ0) is 14.5. The number of nitrogens with one attached hydrogen (secondary N) is 1. The van der Waals surface area contributed by atoms with Gasteiger partial charge < -0.3 is 5.32 Å². The molecule has 1 heterocycles. The van der Waals surface area contributed by atoms with Crippen molar-refractivity contribution in [2.75, 3.05) is 6.54 Å². The molecule has 4 atom stereocenters. The maximum Gasteiger partial charge on any atom is 0.0637 e. The molecule has 1 saturated carbocycles. The fourth-order valence-electron chi connectivity index (χ4n) is 3.36. The fraction of sp³-hybridized carbons (Fsp3) is 0.706. The van der Waals surface area contributed by atoms with Crippen LogP contribution in [0.4, 0.5) is 0 Å². The monoisotopic (exact) mass is 294 g/mol. The van der Waals surface area contributed by atoms with Crippen molar-refractivity contribution in [3.05, 3.63) is 29.0 Å². The van der Waals surface area contributed by atoms with E-state index < -0.39 is 0 Å². The van der Waals surface area contributed by atoms with Crippen LogP contribution in [0.5, 0.6) is 0 Å². The highest BCUT2D eigenvalue weighted by Gasteiger charge is 2.31. The van der Waals surface area contributed by atoms with E-state index in [9.17, 15) is 0 Å². The lowest BCUT2D eigenvalue weighted by Crippen LogP contribution is -2.34. The van der Waals surface area contributed by atoms with Gasteiger partial charge in [0.25, 0.3) is 0 Å². The number of pyridine rings is 1. The second-order valence-corrected chi connectivity index (χ2v) is 6.76. The topological polar surface area (TPSA) is 24.9 Å². The normalized spacial score (nSPS) is 28.3. The molecule has 0 amide bonds. The zero-order valence-corrected chi connectivity index (χ0v) is 13.7. The van der Waals surface area contributed by atoms with Crippen LogP contribution in [-0.4, -0.2) is 11.5 Å². The highest BCUT2D eigenvalue weighted by atomic mass is 35.5. The zero-order valence-electron chi connectivity index (χ0n) is 12.9. The van der Waals surface area contributed by atoms with E-state index in [1.54, 1.807) is 6.20 Å². The molecule has 0 radical (unpaired) electrons. The molecule has 2 nitrogen and oxygen atoms in total. The van der Waals surface area contributed by atoms with Crippen LogP contribution < -0.4 is 5.32 Å². The molecule has 1 aliphatic carbocycles. The lowest BCUT2D eigenvalue weighted by Gasteiger charge is -2.37. The Hall–Kier alpha value is -0.600. The van der Waals surface area contributed by atoms with Gasteiger partial charge in [-0.2, -0.15) is 0 Å². The third kappa shape index (κ3) is 3.73. The molecule has 0 saturated heterocycles. The van der Waals surface area contributed by atoms with Gasteiger partial charge in [0.2, 0.25) is 0 Å². The van der Waals surface area contributed by atoms with Gasteiger partial charge in [0, 0.05) is 18.4 Å². The van der Waals surface area contributed by atoms with Crippen molar-refractivity contribution in [3.8, 4) is 0 Å². The van der Waals surface area contributed by atoms with Gasteiger partial charge in [0.15, 0.2) is 0 Å². The van der Waals surface area contributed by atoms with Gasteiger partial charge in [-0.25, -0.2) is 0 Å². The number of aromatic nitrogens is 1. The van der Waals surface area contributed by atoms with Crippen LogP contribution in [0.15, 0.2) is 18.5 Å². The Bertz CT molecular complexity index is 421. The van der Waals surface area contributed by atoms with Crippen LogP contribution in [0.2, 0.25) is 5.02 Å². The molecule has 112 valence electrons. The van der Waals surface area contributed by atoms with Crippen molar-refractivity contribution in [3.63, 3.8) is 0 Å². The highest BCUT2D eigenvalue weighted by molar-refractivity contribution is 6.31. The number of halogens is 1. The minimum absolute atomic E-state index is 0.375. The Morgan fingerprint density at radius 1 is 1.35 bits per heavy atom. The molecule has 1 N–H and O–H groups in total. The first kappa shape index (κ1) is 15.8. The van der Waals surface area contributed by atoms with E-state index in [0.29, 0.717) is 12.0 Å². The molecule has 0 aromatic carbocycles. The Labute approximate surface area is 128 Å². The molecule has 3 heteroatoms. The summed E-state index contributed by atoms with van der Waals surface area (Å²) in [5, 5.41) is 4.52. The molecule has 4 unspecified atom stereocenters. The summed E-state index contributed by atoms with van der Waals surface area (Å²) < 4.78 is 0. The summed E-state index contributed by atoms with van der Waals surface area (Å²) >= 11 is 6.38. The number of nitrogens with zero attached hydrogens (tertiary/aromatic N) is 1. The van der Waals surface area contributed by atoms with Crippen LogP contribution in [0.25, 0.3) is 0 Å². The van der Waals surface area contributed by atoms with Gasteiger partial charge in [-0.15, -0.1) is 0 Å². The van der Waals surface area contributed by atoms with Gasteiger partial charge in [-0.05, 0) is 55.2 Å². The average Bonchev–Trinajstić information content (AvgIpc) is 2.44. The van der Waals surface area contributed by atoms with Crippen molar-refractivity contribution < 1.29 is 0 Å². The Morgan fingerprint density at radius 2 is 2.15 bits per heavy atom. The van der Waals surface area contributed by atoms with Crippen molar-refractivity contribution in [2.24, 2.45) is 17.8 Å². The second-order valence-electron chi connectivity index (χ2n) is 6.36. The molecule has 1 fully saturated rings. The standard InChI is InChI=1S/C17H27ClN2/c1-4-8-20-17(15-7-9-19-11-16(15)18)14-6-5-12(2)13(3)10-14/h7,9,11-14,17,20H,4-6,8,10H2,1-3H3. The Kier molecular flexibility index (Phi) is 5.86. The summed E-state index contributed by atoms with van der Waals surface area (Å²) in [4.78, 5) is 4.12. The molecule has 0 aliphatic heterocycles. The van der Waals surface area contributed by atoms with Gasteiger partial charge in [-0.1, -0.05) is 38.8 Å². The predicted molar refractivity (Wildman–Crippen MR) is 86.0 cm³/mol. The van der Waals surface area contributed by atoms with E-state index in [0.717, 1.165) is 29.8 Å². The van der Waals surface area contributed by atoms with Gasteiger partial charge in [0.05, 0.1) is 5.02 Å². The Morgan fingerprint density at radius 3 is 2.80 bits per heavy atom. The van der Waals surface area contributed by atoms with Crippen molar-refractivity contribution in [1.29, 1.82) is 0 Å². The Balaban J connectivity index is 2.17. The number of rotatable bonds is 5. The summed E-state index contributed by atoms with van der Waals surface area (Å²) in [6.45, 7) is 8.03. The summed E-state index contributed by atoms with van der Waals surface area (Å²) in [5.41, 5.74) is 1.22. The predicted octanol–water partition coefficient (Wildman–Crippen LogP) is 4.85. The molecule has 20 heavy (non-hydrogen) atoms. The van der Waals surface area contributed by atoms with Crippen molar-refractivity contribution >= 4 is 11.6 Å². The minimum atomic E-state index is 0.375. The number of hydrogen-bond acceptors (Lipinski definition) is 2. The lowest BCUT2D eigenvalue weighted by atomic mass is 9.72. The molecular weight excluding hydrogens is 268 g/mol. The van der Waals surface area contributed by atoms with E-state index in [4.69, 9.17) is 11.6 Å². The first-order valence-electron chi connectivity index (χ1n) is 7.96. The largest absolute Gasteiger partial charge is 0.310 e. The first-order chi connectivity index (χ1) is 9.63. The van der Waals surface area contributed by atoms with Crippen LogP contribution in [0, 0.1) is 17.8 Å². The summed E-state index contributed by atoms with van der Waals surface area (Å²) in [5.74, 6) is 2.35. The van der Waals surface area contributed by atoms with E-state index in [-0.39, 0.29) is 0 Å². The highest BCUT2D eigenvalue weighted by Crippen LogP contribution is 2.41. The molecule has 2 rings (SSSR count). The van der Waals surface area contributed by atoms with Crippen molar-refractivity contribution in [1.82, 2.24) is 10.3 Å². The molecule has 1 aromatic rings. The summed E-state index contributed by atoms with van der Waals surface area (Å²) in [7, 11) is 0. The van der Waals surface area contributed by atoms with Gasteiger partial charge >= 0.3 is 0 Å². The van der Waals surface area contributed by atoms with Gasteiger partial charge in [0.1, 0.15) is 0 Å².